The molecular formula is C8H7ClN4. The number of rotatable bonds is 1. The number of aromatic amines is 1. The quantitative estimate of drug-likeness (QED) is 0.754. The summed E-state index contributed by atoms with van der Waals surface area (Å²) < 4.78 is 0. The normalized spacial score (nSPS) is 16.7. The average molecular weight is 195 g/mol. The molecule has 0 radical (unpaired) electrons. The molecule has 0 spiro atoms. The van der Waals surface area contributed by atoms with Crippen LogP contribution in [0.25, 0.3) is 11.2 Å². The number of aromatic nitrogens is 4. The van der Waals surface area contributed by atoms with Gasteiger partial charge in [-0.1, -0.05) is 11.6 Å². The molecule has 1 aliphatic carbocycles. The van der Waals surface area contributed by atoms with Crippen molar-refractivity contribution in [3.63, 3.8) is 0 Å². The number of nitrogens with one attached hydrogen (secondary N) is 1. The number of hydrogen-bond donors (Lipinski definition) is 1. The third-order valence-corrected chi connectivity index (χ3v) is 2.38. The van der Waals surface area contributed by atoms with Gasteiger partial charge < -0.3 is 4.98 Å². The van der Waals surface area contributed by atoms with E-state index in [-0.39, 0.29) is 0 Å². The molecule has 2 aromatic rings. The van der Waals surface area contributed by atoms with E-state index in [1.165, 1.54) is 12.8 Å². The number of fused-ring (bicyclic) bond motifs is 1. The van der Waals surface area contributed by atoms with E-state index >= 15 is 0 Å². The largest absolute Gasteiger partial charge is 0.340 e. The minimum Gasteiger partial charge on any atom is -0.340 e. The minimum atomic E-state index is 0.401. The van der Waals surface area contributed by atoms with Gasteiger partial charge in [0.05, 0.1) is 5.52 Å². The predicted molar refractivity (Wildman–Crippen MR) is 48.7 cm³/mol. The second-order valence-electron chi connectivity index (χ2n) is 3.30. The van der Waals surface area contributed by atoms with Gasteiger partial charge in [-0.15, -0.1) is 10.2 Å². The molecule has 4 nitrogen and oxygen atoms in total. The Bertz CT molecular complexity index is 460. The zero-order chi connectivity index (χ0) is 8.84. The van der Waals surface area contributed by atoms with Gasteiger partial charge in [0.25, 0.3) is 0 Å². The first-order valence-electron chi connectivity index (χ1n) is 4.22. The van der Waals surface area contributed by atoms with Gasteiger partial charge in [-0.05, 0) is 12.8 Å². The highest BCUT2D eigenvalue weighted by atomic mass is 35.5. The molecule has 1 N–H and O–H groups in total. The van der Waals surface area contributed by atoms with Crippen LogP contribution in [0.15, 0.2) is 6.07 Å². The maximum Gasteiger partial charge on any atom is 0.200 e. The van der Waals surface area contributed by atoms with E-state index in [0.717, 1.165) is 11.3 Å². The molecule has 2 heterocycles. The zero-order valence-electron chi connectivity index (χ0n) is 6.79. The van der Waals surface area contributed by atoms with Gasteiger partial charge in [0.2, 0.25) is 0 Å². The number of nitrogens with zero attached hydrogens (tertiary/aromatic N) is 3. The van der Waals surface area contributed by atoms with Crippen molar-refractivity contribution in [2.75, 3.05) is 0 Å². The number of imidazole rings is 1. The molecule has 0 atom stereocenters. The van der Waals surface area contributed by atoms with Crippen LogP contribution in [0.4, 0.5) is 0 Å². The first-order valence-corrected chi connectivity index (χ1v) is 4.59. The summed E-state index contributed by atoms with van der Waals surface area (Å²) >= 11 is 5.70. The molecule has 0 aliphatic heterocycles. The van der Waals surface area contributed by atoms with Crippen molar-refractivity contribution in [3.05, 3.63) is 17.0 Å². The summed E-state index contributed by atoms with van der Waals surface area (Å²) in [5, 5.41) is 8.02. The summed E-state index contributed by atoms with van der Waals surface area (Å²) in [5.41, 5.74) is 1.54. The fraction of sp³-hybridized carbons (Fsp3) is 0.375. The highest BCUT2D eigenvalue weighted by Crippen LogP contribution is 2.38. The maximum atomic E-state index is 5.70. The second kappa shape index (κ2) is 2.42. The van der Waals surface area contributed by atoms with Gasteiger partial charge in [-0.2, -0.15) is 0 Å². The van der Waals surface area contributed by atoms with Gasteiger partial charge in [-0.3, -0.25) is 0 Å². The zero-order valence-corrected chi connectivity index (χ0v) is 7.54. The molecule has 1 saturated carbocycles. The maximum absolute atomic E-state index is 5.70. The van der Waals surface area contributed by atoms with Crippen LogP contribution in [0.2, 0.25) is 5.15 Å². The molecule has 2 aromatic heterocycles. The van der Waals surface area contributed by atoms with E-state index in [0.29, 0.717) is 16.7 Å². The van der Waals surface area contributed by atoms with E-state index in [1.54, 1.807) is 6.07 Å². The summed E-state index contributed by atoms with van der Waals surface area (Å²) in [6, 6.07) is 1.75. The summed E-state index contributed by atoms with van der Waals surface area (Å²) in [6.45, 7) is 0. The molecule has 1 aliphatic rings. The van der Waals surface area contributed by atoms with Crippen molar-refractivity contribution in [2.24, 2.45) is 0 Å². The van der Waals surface area contributed by atoms with Gasteiger partial charge >= 0.3 is 0 Å². The van der Waals surface area contributed by atoms with Crippen LogP contribution in [0.3, 0.4) is 0 Å². The Morgan fingerprint density at radius 2 is 2.23 bits per heavy atom. The van der Waals surface area contributed by atoms with E-state index in [1.807, 2.05) is 0 Å². The third kappa shape index (κ3) is 1.18. The summed E-state index contributed by atoms with van der Waals surface area (Å²) in [5.74, 6) is 1.62. The summed E-state index contributed by atoms with van der Waals surface area (Å²) in [6.07, 6.45) is 2.45. The van der Waals surface area contributed by atoms with Crippen LogP contribution in [-0.4, -0.2) is 20.2 Å². The molecule has 0 aromatic carbocycles. The first-order chi connectivity index (χ1) is 6.33. The Kier molecular flexibility index (Phi) is 1.35. The Morgan fingerprint density at radius 1 is 1.38 bits per heavy atom. The monoisotopic (exact) mass is 194 g/mol. The minimum absolute atomic E-state index is 0.401. The van der Waals surface area contributed by atoms with Crippen molar-refractivity contribution < 1.29 is 0 Å². The lowest BCUT2D eigenvalue weighted by Crippen LogP contribution is -1.82. The van der Waals surface area contributed by atoms with Crippen LogP contribution < -0.4 is 0 Å². The topological polar surface area (TPSA) is 54.5 Å². The Morgan fingerprint density at radius 3 is 3.00 bits per heavy atom. The van der Waals surface area contributed by atoms with Crippen LogP contribution in [0.5, 0.6) is 0 Å². The summed E-state index contributed by atoms with van der Waals surface area (Å²) in [7, 11) is 0. The molecule has 0 unspecified atom stereocenters. The Balaban J connectivity index is 2.20. The summed E-state index contributed by atoms with van der Waals surface area (Å²) in [4.78, 5) is 7.53. The molecule has 1 fully saturated rings. The number of hydrogen-bond acceptors (Lipinski definition) is 3. The average Bonchev–Trinajstić information content (AvgIpc) is 2.87. The highest BCUT2D eigenvalue weighted by molar-refractivity contribution is 6.29. The third-order valence-electron chi connectivity index (χ3n) is 2.20. The van der Waals surface area contributed by atoms with E-state index in [2.05, 4.69) is 20.2 Å². The van der Waals surface area contributed by atoms with Gasteiger partial charge in [0.1, 0.15) is 5.82 Å². The Labute approximate surface area is 79.3 Å². The van der Waals surface area contributed by atoms with Crippen molar-refractivity contribution in [2.45, 2.75) is 18.8 Å². The van der Waals surface area contributed by atoms with Gasteiger partial charge in [0.15, 0.2) is 10.8 Å². The van der Waals surface area contributed by atoms with Crippen LogP contribution in [0.1, 0.15) is 24.6 Å². The van der Waals surface area contributed by atoms with Crippen molar-refractivity contribution in [1.29, 1.82) is 0 Å². The molecule has 0 amide bonds. The van der Waals surface area contributed by atoms with Crippen LogP contribution in [-0.2, 0) is 0 Å². The van der Waals surface area contributed by atoms with Crippen molar-refractivity contribution >= 4 is 22.8 Å². The Hall–Kier alpha value is -1.16. The molecular weight excluding hydrogens is 188 g/mol. The second-order valence-corrected chi connectivity index (χ2v) is 3.69. The molecule has 5 heteroatoms. The van der Waals surface area contributed by atoms with Crippen LogP contribution >= 0.6 is 11.6 Å². The van der Waals surface area contributed by atoms with E-state index in [4.69, 9.17) is 11.6 Å². The molecule has 66 valence electrons. The standard InChI is InChI=1S/C8H7ClN4/c9-6-3-5-8(13-12-6)11-7(10-5)4-1-2-4/h3-4H,1-2H2,(H,10,11,13). The lowest BCUT2D eigenvalue weighted by molar-refractivity contribution is 0.977. The predicted octanol–water partition coefficient (Wildman–Crippen LogP) is 1.88. The molecule has 0 bridgehead atoms. The van der Waals surface area contributed by atoms with Crippen LogP contribution in [0, 0.1) is 0 Å². The number of H-pyrrole nitrogens is 1. The lowest BCUT2D eigenvalue weighted by Gasteiger charge is -1.85. The lowest BCUT2D eigenvalue weighted by atomic mass is 10.4. The van der Waals surface area contributed by atoms with Crippen molar-refractivity contribution in [3.8, 4) is 0 Å². The van der Waals surface area contributed by atoms with E-state index in [9.17, 15) is 0 Å². The van der Waals surface area contributed by atoms with Gasteiger partial charge in [0, 0.05) is 12.0 Å². The smallest absolute Gasteiger partial charge is 0.200 e. The number of halogens is 1. The fourth-order valence-corrected chi connectivity index (χ4v) is 1.51. The molecule has 3 rings (SSSR count). The first kappa shape index (κ1) is 7.26. The fourth-order valence-electron chi connectivity index (χ4n) is 1.37. The van der Waals surface area contributed by atoms with Crippen molar-refractivity contribution in [1.82, 2.24) is 20.2 Å². The SMILES string of the molecule is Clc1cc2[nH]c(C3CC3)nc2nn1. The molecule has 0 saturated heterocycles. The molecule has 13 heavy (non-hydrogen) atoms. The highest BCUT2D eigenvalue weighted by Gasteiger charge is 2.27. The van der Waals surface area contributed by atoms with Gasteiger partial charge in [-0.25, -0.2) is 4.98 Å². The van der Waals surface area contributed by atoms with E-state index < -0.39 is 0 Å².